The molecule has 0 aliphatic carbocycles. The molecule has 0 spiro atoms. The SMILES string of the molecule is CSCC(C)N(C)C(=O)C(C)(C)C. The molecule has 0 saturated carbocycles. The van der Waals surface area contributed by atoms with Crippen molar-refractivity contribution in [1.29, 1.82) is 0 Å². The van der Waals surface area contributed by atoms with E-state index >= 15 is 0 Å². The summed E-state index contributed by atoms with van der Waals surface area (Å²) in [6.07, 6.45) is 2.06. The Morgan fingerprint density at radius 3 is 2.23 bits per heavy atom. The highest BCUT2D eigenvalue weighted by Gasteiger charge is 2.27. The Labute approximate surface area is 86.1 Å². The van der Waals surface area contributed by atoms with Gasteiger partial charge in [0.05, 0.1) is 0 Å². The lowest BCUT2D eigenvalue weighted by atomic mass is 9.94. The zero-order chi connectivity index (χ0) is 10.6. The Kier molecular flexibility index (Phi) is 4.82. The third-order valence-corrected chi connectivity index (χ3v) is 2.85. The molecule has 0 N–H and O–H groups in total. The van der Waals surface area contributed by atoms with Gasteiger partial charge in [0.1, 0.15) is 0 Å². The second-order valence-corrected chi connectivity index (χ2v) is 5.38. The maximum atomic E-state index is 11.8. The zero-order valence-corrected chi connectivity index (χ0v) is 10.4. The van der Waals surface area contributed by atoms with Crippen LogP contribution in [0.3, 0.4) is 0 Å². The monoisotopic (exact) mass is 203 g/mol. The van der Waals surface area contributed by atoms with Crippen molar-refractivity contribution in [3.05, 3.63) is 0 Å². The molecule has 0 heterocycles. The number of hydrogen-bond acceptors (Lipinski definition) is 2. The molecule has 1 atom stereocenters. The first-order chi connectivity index (χ1) is 5.80. The van der Waals surface area contributed by atoms with Crippen LogP contribution in [0.2, 0.25) is 0 Å². The number of nitrogens with zero attached hydrogens (tertiary/aromatic N) is 1. The molecule has 0 bridgehead atoms. The number of amides is 1. The van der Waals surface area contributed by atoms with E-state index < -0.39 is 0 Å². The molecule has 13 heavy (non-hydrogen) atoms. The third kappa shape index (κ3) is 4.03. The lowest BCUT2D eigenvalue weighted by Crippen LogP contribution is -2.42. The molecule has 3 heteroatoms. The van der Waals surface area contributed by atoms with Crippen LogP contribution in [0.1, 0.15) is 27.7 Å². The topological polar surface area (TPSA) is 20.3 Å². The van der Waals surface area contributed by atoms with Gasteiger partial charge in [-0.05, 0) is 13.2 Å². The highest BCUT2D eigenvalue weighted by Crippen LogP contribution is 2.18. The second-order valence-electron chi connectivity index (χ2n) is 4.47. The van der Waals surface area contributed by atoms with Gasteiger partial charge in [0, 0.05) is 24.3 Å². The van der Waals surface area contributed by atoms with Gasteiger partial charge < -0.3 is 4.90 Å². The van der Waals surface area contributed by atoms with Crippen LogP contribution in [0.5, 0.6) is 0 Å². The number of hydrogen-bond donors (Lipinski definition) is 0. The van der Waals surface area contributed by atoms with Gasteiger partial charge >= 0.3 is 0 Å². The van der Waals surface area contributed by atoms with Crippen LogP contribution in [-0.2, 0) is 4.79 Å². The molecule has 0 aromatic heterocycles. The fourth-order valence-electron chi connectivity index (χ4n) is 1.08. The van der Waals surface area contributed by atoms with E-state index in [-0.39, 0.29) is 11.3 Å². The summed E-state index contributed by atoms with van der Waals surface area (Å²) in [6, 6.07) is 0.321. The standard InChI is InChI=1S/C10H21NOS/c1-8(7-13-6)11(5)9(12)10(2,3)4/h8H,7H2,1-6H3. The van der Waals surface area contributed by atoms with Crippen LogP contribution < -0.4 is 0 Å². The molecule has 0 radical (unpaired) electrons. The van der Waals surface area contributed by atoms with Gasteiger partial charge in [-0.3, -0.25) is 4.79 Å². The number of thioether (sulfide) groups is 1. The van der Waals surface area contributed by atoms with E-state index in [2.05, 4.69) is 13.2 Å². The van der Waals surface area contributed by atoms with Crippen LogP contribution >= 0.6 is 11.8 Å². The van der Waals surface area contributed by atoms with Crippen molar-refractivity contribution in [2.45, 2.75) is 33.7 Å². The quantitative estimate of drug-likeness (QED) is 0.701. The molecule has 0 aliphatic rings. The van der Waals surface area contributed by atoms with Gasteiger partial charge in [-0.25, -0.2) is 0 Å². The first-order valence-corrected chi connectivity index (χ1v) is 5.96. The number of carbonyl (C=O) groups excluding carboxylic acids is 1. The van der Waals surface area contributed by atoms with Crippen molar-refractivity contribution in [2.24, 2.45) is 5.41 Å². The Morgan fingerprint density at radius 2 is 1.92 bits per heavy atom. The molecular weight excluding hydrogens is 182 g/mol. The Bertz CT molecular complexity index is 174. The first-order valence-electron chi connectivity index (χ1n) is 4.57. The average Bonchev–Trinajstić information content (AvgIpc) is 2.00. The second kappa shape index (κ2) is 4.89. The van der Waals surface area contributed by atoms with E-state index in [1.165, 1.54) is 0 Å². The predicted octanol–water partition coefficient (Wildman–Crippen LogP) is 2.24. The van der Waals surface area contributed by atoms with Crippen molar-refractivity contribution >= 4 is 17.7 Å². The fourth-order valence-corrected chi connectivity index (χ4v) is 1.79. The lowest BCUT2D eigenvalue weighted by Gasteiger charge is -2.30. The van der Waals surface area contributed by atoms with Crippen molar-refractivity contribution in [1.82, 2.24) is 4.90 Å². The minimum absolute atomic E-state index is 0.217. The van der Waals surface area contributed by atoms with Gasteiger partial charge in [0.2, 0.25) is 5.91 Å². The van der Waals surface area contributed by atoms with Crippen molar-refractivity contribution < 1.29 is 4.79 Å². The maximum Gasteiger partial charge on any atom is 0.227 e. The molecule has 0 aromatic carbocycles. The fraction of sp³-hybridized carbons (Fsp3) is 0.900. The van der Waals surface area contributed by atoms with E-state index in [0.29, 0.717) is 6.04 Å². The number of carbonyl (C=O) groups is 1. The first kappa shape index (κ1) is 12.8. The maximum absolute atomic E-state index is 11.8. The summed E-state index contributed by atoms with van der Waals surface area (Å²) in [5.41, 5.74) is -0.262. The normalized spacial score (nSPS) is 14.0. The van der Waals surface area contributed by atoms with Crippen LogP contribution in [0.15, 0.2) is 0 Å². The summed E-state index contributed by atoms with van der Waals surface area (Å²) in [4.78, 5) is 13.6. The molecule has 0 aliphatic heterocycles. The smallest absolute Gasteiger partial charge is 0.227 e. The molecule has 0 fully saturated rings. The minimum atomic E-state index is -0.262. The predicted molar refractivity (Wildman–Crippen MR) is 60.1 cm³/mol. The summed E-state index contributed by atoms with van der Waals surface area (Å²) in [7, 11) is 1.88. The lowest BCUT2D eigenvalue weighted by molar-refractivity contribution is -0.139. The van der Waals surface area contributed by atoms with Gasteiger partial charge in [0.25, 0.3) is 0 Å². The summed E-state index contributed by atoms with van der Waals surface area (Å²) in [6.45, 7) is 7.95. The van der Waals surface area contributed by atoms with Crippen molar-refractivity contribution in [3.8, 4) is 0 Å². The van der Waals surface area contributed by atoms with Crippen LogP contribution in [0, 0.1) is 5.41 Å². The van der Waals surface area contributed by atoms with Crippen LogP contribution in [0.25, 0.3) is 0 Å². The summed E-state index contributed by atoms with van der Waals surface area (Å²) < 4.78 is 0. The zero-order valence-electron chi connectivity index (χ0n) is 9.55. The van der Waals surface area contributed by atoms with Gasteiger partial charge in [-0.2, -0.15) is 11.8 Å². The molecule has 0 saturated heterocycles. The Morgan fingerprint density at radius 1 is 1.46 bits per heavy atom. The summed E-state index contributed by atoms with van der Waals surface area (Å²) in [5.74, 6) is 1.22. The van der Waals surface area contributed by atoms with Crippen molar-refractivity contribution in [3.63, 3.8) is 0 Å². The summed E-state index contributed by atoms with van der Waals surface area (Å²) >= 11 is 1.77. The molecular formula is C10H21NOS. The highest BCUT2D eigenvalue weighted by molar-refractivity contribution is 7.98. The van der Waals surface area contributed by atoms with E-state index in [9.17, 15) is 4.79 Å². The van der Waals surface area contributed by atoms with Gasteiger partial charge in [-0.15, -0.1) is 0 Å². The molecule has 0 aromatic rings. The Hall–Kier alpha value is -0.180. The molecule has 2 nitrogen and oxygen atoms in total. The summed E-state index contributed by atoms with van der Waals surface area (Å²) in [5, 5.41) is 0. The molecule has 78 valence electrons. The van der Waals surface area contributed by atoms with Crippen LogP contribution in [-0.4, -0.2) is 35.9 Å². The van der Waals surface area contributed by atoms with E-state index in [1.807, 2.05) is 32.7 Å². The minimum Gasteiger partial charge on any atom is -0.342 e. The van der Waals surface area contributed by atoms with E-state index in [4.69, 9.17) is 0 Å². The number of rotatable bonds is 3. The van der Waals surface area contributed by atoms with E-state index in [1.54, 1.807) is 11.8 Å². The molecule has 1 amide bonds. The van der Waals surface area contributed by atoms with E-state index in [0.717, 1.165) is 5.75 Å². The van der Waals surface area contributed by atoms with Gasteiger partial charge in [0.15, 0.2) is 0 Å². The van der Waals surface area contributed by atoms with Gasteiger partial charge in [-0.1, -0.05) is 20.8 Å². The average molecular weight is 203 g/mol. The third-order valence-electron chi connectivity index (χ3n) is 2.03. The highest BCUT2D eigenvalue weighted by atomic mass is 32.2. The Balaban J connectivity index is 4.26. The van der Waals surface area contributed by atoms with Crippen molar-refractivity contribution in [2.75, 3.05) is 19.1 Å². The molecule has 1 unspecified atom stereocenters. The largest absolute Gasteiger partial charge is 0.342 e. The van der Waals surface area contributed by atoms with Crippen LogP contribution in [0.4, 0.5) is 0 Å². The molecule has 0 rings (SSSR count).